The van der Waals surface area contributed by atoms with Crippen molar-refractivity contribution in [1.82, 2.24) is 4.98 Å². The summed E-state index contributed by atoms with van der Waals surface area (Å²) in [7, 11) is -1.87. The molecule has 1 atom stereocenters. The molecule has 2 heterocycles. The summed E-state index contributed by atoms with van der Waals surface area (Å²) in [5, 5.41) is 4.34. The number of aliphatic imine (C=N–C) groups is 1. The number of fused-ring (bicyclic) bond motifs is 1. The Hall–Kier alpha value is -1.60. The SMILES string of the molecule is CCCC(CCC)C1(CC)CN=C(Nc2nc3ccc(O[Si](C)(C)C(C)(C)C)cc3s2)O1. The van der Waals surface area contributed by atoms with Gasteiger partial charge in [0.25, 0.3) is 6.02 Å². The fourth-order valence-corrected chi connectivity index (χ4v) is 6.05. The van der Waals surface area contributed by atoms with Crippen LogP contribution in [0, 0.1) is 5.92 Å². The lowest BCUT2D eigenvalue weighted by molar-refractivity contribution is 0.0104. The zero-order valence-electron chi connectivity index (χ0n) is 21.2. The van der Waals surface area contributed by atoms with Gasteiger partial charge in [-0.25, -0.2) is 9.98 Å². The first-order valence-corrected chi connectivity index (χ1v) is 15.9. The molecule has 0 saturated heterocycles. The van der Waals surface area contributed by atoms with Gasteiger partial charge in [0.15, 0.2) is 5.13 Å². The van der Waals surface area contributed by atoms with Crippen molar-refractivity contribution < 1.29 is 9.16 Å². The minimum absolute atomic E-state index is 0.166. The van der Waals surface area contributed by atoms with E-state index in [1.165, 1.54) is 25.7 Å². The molecule has 1 aromatic heterocycles. The fraction of sp³-hybridized carbons (Fsp3) is 0.680. The van der Waals surface area contributed by atoms with Gasteiger partial charge in [-0.15, -0.1) is 0 Å². The van der Waals surface area contributed by atoms with Gasteiger partial charge in [0.05, 0.1) is 16.8 Å². The van der Waals surface area contributed by atoms with E-state index in [4.69, 9.17) is 19.1 Å². The van der Waals surface area contributed by atoms with Crippen LogP contribution < -0.4 is 9.74 Å². The van der Waals surface area contributed by atoms with Crippen molar-refractivity contribution in [2.75, 3.05) is 11.9 Å². The number of amidine groups is 1. The van der Waals surface area contributed by atoms with Gasteiger partial charge in [-0.05, 0) is 55.6 Å². The number of rotatable bonds is 9. The second kappa shape index (κ2) is 9.72. The Kier molecular flexibility index (Phi) is 7.60. The van der Waals surface area contributed by atoms with E-state index in [1.54, 1.807) is 11.3 Å². The maximum atomic E-state index is 6.48. The molecule has 32 heavy (non-hydrogen) atoms. The van der Waals surface area contributed by atoms with Crippen molar-refractivity contribution in [3.8, 4) is 5.75 Å². The molecule has 0 spiro atoms. The van der Waals surface area contributed by atoms with E-state index < -0.39 is 8.32 Å². The van der Waals surface area contributed by atoms with E-state index >= 15 is 0 Å². The molecule has 0 radical (unpaired) electrons. The predicted molar refractivity (Wildman–Crippen MR) is 141 cm³/mol. The minimum atomic E-state index is -1.87. The summed E-state index contributed by atoms with van der Waals surface area (Å²) >= 11 is 1.62. The smallest absolute Gasteiger partial charge is 0.291 e. The first-order valence-electron chi connectivity index (χ1n) is 12.1. The molecule has 1 unspecified atom stereocenters. The van der Waals surface area contributed by atoms with Gasteiger partial charge in [0.1, 0.15) is 11.4 Å². The molecule has 1 N–H and O–H groups in total. The average Bonchev–Trinajstić information content (AvgIpc) is 3.30. The quantitative estimate of drug-likeness (QED) is 0.375. The van der Waals surface area contributed by atoms with Gasteiger partial charge in [-0.3, -0.25) is 5.32 Å². The predicted octanol–water partition coefficient (Wildman–Crippen LogP) is 7.84. The monoisotopic (exact) mass is 475 g/mol. The second-order valence-electron chi connectivity index (χ2n) is 10.6. The van der Waals surface area contributed by atoms with Crippen LogP contribution >= 0.6 is 11.3 Å². The van der Waals surface area contributed by atoms with Crippen LogP contribution in [-0.2, 0) is 4.74 Å². The van der Waals surface area contributed by atoms with E-state index in [2.05, 4.69) is 66.0 Å². The molecule has 1 aliphatic rings. The van der Waals surface area contributed by atoms with Gasteiger partial charge < -0.3 is 9.16 Å². The molecule has 5 nitrogen and oxygen atoms in total. The van der Waals surface area contributed by atoms with Crippen molar-refractivity contribution in [2.24, 2.45) is 10.9 Å². The van der Waals surface area contributed by atoms with Crippen LogP contribution in [0.1, 0.15) is 73.6 Å². The lowest BCUT2D eigenvalue weighted by Gasteiger charge is -2.36. The second-order valence-corrected chi connectivity index (χ2v) is 16.3. The summed E-state index contributed by atoms with van der Waals surface area (Å²) in [6.07, 6.45) is 5.69. The molecule has 1 aromatic carbocycles. The summed E-state index contributed by atoms with van der Waals surface area (Å²) in [5.41, 5.74) is 0.783. The maximum absolute atomic E-state index is 6.48. The van der Waals surface area contributed by atoms with Crippen LogP contribution in [0.5, 0.6) is 5.75 Å². The molecule has 0 fully saturated rings. The number of thiazole rings is 1. The van der Waals surface area contributed by atoms with E-state index in [0.29, 0.717) is 11.9 Å². The number of anilines is 1. The third-order valence-corrected chi connectivity index (χ3v) is 12.5. The van der Waals surface area contributed by atoms with E-state index in [-0.39, 0.29) is 10.6 Å². The van der Waals surface area contributed by atoms with Gasteiger partial charge in [0.2, 0.25) is 8.32 Å². The standard InChI is InChI=1S/C25H41N3O2SSi/c1-9-12-18(13-10-2)25(11-3)17-26-22(29-25)28-23-27-20-15-14-19(16-21(20)31-23)30-32(7,8)24(4,5)6/h14-16,18H,9-13,17H2,1-8H3,(H,26,27,28). The van der Waals surface area contributed by atoms with Crippen LogP contribution in [0.25, 0.3) is 10.2 Å². The van der Waals surface area contributed by atoms with E-state index in [0.717, 1.165) is 34.1 Å². The molecular weight excluding hydrogens is 434 g/mol. The van der Waals surface area contributed by atoms with Crippen LogP contribution in [0.4, 0.5) is 5.13 Å². The number of ether oxygens (including phenoxy) is 1. The summed E-state index contributed by atoms with van der Waals surface area (Å²) in [6.45, 7) is 18.8. The zero-order chi connectivity index (χ0) is 23.6. The van der Waals surface area contributed by atoms with E-state index in [1.807, 2.05) is 12.1 Å². The number of nitrogens with zero attached hydrogens (tertiary/aromatic N) is 2. The summed E-state index contributed by atoms with van der Waals surface area (Å²) in [6, 6.07) is 6.81. The maximum Gasteiger partial charge on any atom is 0.291 e. The number of aromatic nitrogens is 1. The summed E-state index contributed by atoms with van der Waals surface area (Å²) in [5.74, 6) is 1.47. The Balaban J connectivity index is 1.73. The third kappa shape index (κ3) is 5.30. The van der Waals surface area contributed by atoms with E-state index in [9.17, 15) is 0 Å². The molecule has 178 valence electrons. The van der Waals surface area contributed by atoms with Crippen molar-refractivity contribution in [3.63, 3.8) is 0 Å². The van der Waals surface area contributed by atoms with Crippen LogP contribution in [0.15, 0.2) is 23.2 Å². The average molecular weight is 476 g/mol. The first-order chi connectivity index (χ1) is 15.0. The summed E-state index contributed by atoms with van der Waals surface area (Å²) in [4.78, 5) is 9.49. The lowest BCUT2D eigenvalue weighted by Crippen LogP contribution is -2.43. The van der Waals surface area contributed by atoms with Crippen molar-refractivity contribution >= 4 is 41.0 Å². The van der Waals surface area contributed by atoms with Gasteiger partial charge in [-0.1, -0.05) is 65.7 Å². The molecule has 7 heteroatoms. The number of benzene rings is 1. The molecule has 3 rings (SSSR count). The summed E-state index contributed by atoms with van der Waals surface area (Å²) < 4.78 is 14.1. The molecular formula is C25H41N3O2SSi. The Bertz CT molecular complexity index is 944. The highest BCUT2D eigenvalue weighted by atomic mass is 32.1. The van der Waals surface area contributed by atoms with Crippen molar-refractivity contribution in [1.29, 1.82) is 0 Å². The molecule has 2 aromatic rings. The number of nitrogens with one attached hydrogen (secondary N) is 1. The lowest BCUT2D eigenvalue weighted by atomic mass is 9.79. The minimum Gasteiger partial charge on any atom is -0.543 e. The zero-order valence-corrected chi connectivity index (χ0v) is 23.0. The largest absolute Gasteiger partial charge is 0.543 e. The Morgan fingerprint density at radius 2 is 1.88 bits per heavy atom. The number of hydrogen-bond acceptors (Lipinski definition) is 6. The van der Waals surface area contributed by atoms with Gasteiger partial charge in [-0.2, -0.15) is 0 Å². The highest BCUT2D eigenvalue weighted by Gasteiger charge is 2.43. The molecule has 1 aliphatic heterocycles. The topological polar surface area (TPSA) is 55.7 Å². The Labute approximate surface area is 199 Å². The highest BCUT2D eigenvalue weighted by molar-refractivity contribution is 7.22. The van der Waals surface area contributed by atoms with Gasteiger partial charge >= 0.3 is 0 Å². The van der Waals surface area contributed by atoms with Gasteiger partial charge in [0, 0.05) is 5.92 Å². The molecule has 0 aliphatic carbocycles. The van der Waals surface area contributed by atoms with Crippen molar-refractivity contribution in [2.45, 2.75) is 97.4 Å². The Morgan fingerprint density at radius 3 is 2.47 bits per heavy atom. The normalized spacial score (nSPS) is 19.3. The van der Waals surface area contributed by atoms with Crippen LogP contribution in [-0.4, -0.2) is 31.5 Å². The Morgan fingerprint density at radius 1 is 1.19 bits per heavy atom. The molecule has 0 saturated carbocycles. The van der Waals surface area contributed by atoms with Crippen molar-refractivity contribution in [3.05, 3.63) is 18.2 Å². The van der Waals surface area contributed by atoms with Crippen LogP contribution in [0.3, 0.4) is 0 Å². The fourth-order valence-electron chi connectivity index (χ4n) is 4.14. The van der Waals surface area contributed by atoms with Crippen LogP contribution in [0.2, 0.25) is 18.1 Å². The molecule has 0 amide bonds. The third-order valence-electron chi connectivity index (χ3n) is 7.16. The number of hydrogen-bond donors (Lipinski definition) is 1. The molecule has 0 bridgehead atoms. The first kappa shape index (κ1) is 25.0. The highest BCUT2D eigenvalue weighted by Crippen LogP contribution is 2.40.